The van der Waals surface area contributed by atoms with Crippen LogP contribution in [0.4, 0.5) is 5.69 Å². The standard InChI is InChI=1S/C12H13BrN2O2/c1-12(2,7-14)11(16)15-8-4-5-9(13)10(6-8)17-3/h4-6H,1-3H3,(H,15,16). The van der Waals surface area contributed by atoms with Crippen LogP contribution in [0.2, 0.25) is 0 Å². The van der Waals surface area contributed by atoms with Crippen molar-refractivity contribution < 1.29 is 9.53 Å². The summed E-state index contributed by atoms with van der Waals surface area (Å²) in [6, 6.07) is 7.14. The Morgan fingerprint density at radius 1 is 1.53 bits per heavy atom. The molecular formula is C12H13BrN2O2. The molecule has 5 heteroatoms. The van der Waals surface area contributed by atoms with Crippen LogP contribution in [0.5, 0.6) is 5.75 Å². The van der Waals surface area contributed by atoms with Gasteiger partial charge in [-0.25, -0.2) is 0 Å². The van der Waals surface area contributed by atoms with Gasteiger partial charge in [0, 0.05) is 11.8 Å². The van der Waals surface area contributed by atoms with Gasteiger partial charge in [0.05, 0.1) is 17.7 Å². The lowest BCUT2D eigenvalue weighted by atomic mass is 9.94. The highest BCUT2D eigenvalue weighted by Crippen LogP contribution is 2.28. The van der Waals surface area contributed by atoms with Crippen LogP contribution in [0.1, 0.15) is 13.8 Å². The topological polar surface area (TPSA) is 62.1 Å². The second-order valence-electron chi connectivity index (χ2n) is 4.04. The Morgan fingerprint density at radius 2 is 2.18 bits per heavy atom. The molecule has 0 spiro atoms. The summed E-state index contributed by atoms with van der Waals surface area (Å²) in [7, 11) is 1.55. The number of amides is 1. The number of nitriles is 1. The van der Waals surface area contributed by atoms with Gasteiger partial charge >= 0.3 is 0 Å². The summed E-state index contributed by atoms with van der Waals surface area (Å²) < 4.78 is 5.92. The van der Waals surface area contributed by atoms with E-state index in [9.17, 15) is 4.79 Å². The van der Waals surface area contributed by atoms with E-state index in [0.717, 1.165) is 4.47 Å². The molecule has 0 saturated heterocycles. The number of methoxy groups -OCH3 is 1. The number of carbonyl (C=O) groups is 1. The van der Waals surface area contributed by atoms with E-state index in [0.29, 0.717) is 11.4 Å². The number of anilines is 1. The fourth-order valence-corrected chi connectivity index (χ4v) is 1.48. The molecule has 90 valence electrons. The van der Waals surface area contributed by atoms with Gasteiger partial charge in [-0.3, -0.25) is 4.79 Å². The zero-order chi connectivity index (χ0) is 13.1. The molecule has 1 amide bonds. The SMILES string of the molecule is COc1cc(NC(=O)C(C)(C)C#N)ccc1Br. The van der Waals surface area contributed by atoms with Gasteiger partial charge in [-0.2, -0.15) is 5.26 Å². The molecule has 0 saturated carbocycles. The molecule has 0 aliphatic heterocycles. The first-order valence-electron chi connectivity index (χ1n) is 4.97. The molecule has 0 fully saturated rings. The number of halogens is 1. The Balaban J connectivity index is 2.91. The summed E-state index contributed by atoms with van der Waals surface area (Å²) in [5.74, 6) is 0.280. The summed E-state index contributed by atoms with van der Waals surface area (Å²) in [5, 5.41) is 11.5. The summed E-state index contributed by atoms with van der Waals surface area (Å²) in [5.41, 5.74) is -0.460. The third-order valence-electron chi connectivity index (χ3n) is 2.26. The van der Waals surface area contributed by atoms with E-state index in [1.54, 1.807) is 39.2 Å². The normalized spacial score (nSPS) is 10.5. The van der Waals surface area contributed by atoms with E-state index in [4.69, 9.17) is 10.00 Å². The highest BCUT2D eigenvalue weighted by Gasteiger charge is 2.27. The van der Waals surface area contributed by atoms with Crippen LogP contribution in [0, 0.1) is 16.7 Å². The fourth-order valence-electron chi connectivity index (χ4n) is 1.08. The predicted octanol–water partition coefficient (Wildman–Crippen LogP) is 2.95. The molecule has 0 heterocycles. The van der Waals surface area contributed by atoms with Crippen molar-refractivity contribution in [2.75, 3.05) is 12.4 Å². The Labute approximate surface area is 109 Å². The highest BCUT2D eigenvalue weighted by molar-refractivity contribution is 9.10. The third kappa shape index (κ3) is 3.21. The van der Waals surface area contributed by atoms with Crippen LogP contribution in [0.3, 0.4) is 0 Å². The van der Waals surface area contributed by atoms with Crippen molar-refractivity contribution in [1.82, 2.24) is 0 Å². The number of carbonyl (C=O) groups excluding carboxylic acids is 1. The molecular weight excluding hydrogens is 284 g/mol. The third-order valence-corrected chi connectivity index (χ3v) is 2.91. The van der Waals surface area contributed by atoms with E-state index in [1.165, 1.54) is 0 Å². The molecule has 0 aliphatic carbocycles. The lowest BCUT2D eigenvalue weighted by Gasteiger charge is -2.15. The predicted molar refractivity (Wildman–Crippen MR) is 68.7 cm³/mol. The second-order valence-corrected chi connectivity index (χ2v) is 4.89. The maximum Gasteiger partial charge on any atom is 0.244 e. The minimum Gasteiger partial charge on any atom is -0.495 e. The number of nitrogens with one attached hydrogen (secondary N) is 1. The molecule has 0 aromatic heterocycles. The Kier molecular flexibility index (Phi) is 4.13. The second kappa shape index (κ2) is 5.19. The minimum absolute atomic E-state index is 0.343. The maximum atomic E-state index is 11.8. The quantitative estimate of drug-likeness (QED) is 0.933. The zero-order valence-electron chi connectivity index (χ0n) is 9.87. The lowest BCUT2D eigenvalue weighted by molar-refractivity contribution is -0.121. The van der Waals surface area contributed by atoms with Crippen molar-refractivity contribution in [2.24, 2.45) is 5.41 Å². The molecule has 1 aromatic rings. The monoisotopic (exact) mass is 296 g/mol. The molecule has 4 nitrogen and oxygen atoms in total. The first-order chi connectivity index (χ1) is 7.90. The van der Waals surface area contributed by atoms with Crippen LogP contribution in [-0.2, 0) is 4.79 Å². The first-order valence-corrected chi connectivity index (χ1v) is 5.76. The molecule has 1 rings (SSSR count). The number of benzene rings is 1. The van der Waals surface area contributed by atoms with E-state index in [-0.39, 0.29) is 5.91 Å². The van der Waals surface area contributed by atoms with Gasteiger partial charge in [-0.05, 0) is 41.9 Å². The molecule has 0 atom stereocenters. The molecule has 0 aliphatic rings. The van der Waals surface area contributed by atoms with E-state index >= 15 is 0 Å². The van der Waals surface area contributed by atoms with Gasteiger partial charge in [0.15, 0.2) is 0 Å². The minimum atomic E-state index is -1.06. The smallest absolute Gasteiger partial charge is 0.244 e. The van der Waals surface area contributed by atoms with Crippen molar-refractivity contribution in [3.05, 3.63) is 22.7 Å². The first kappa shape index (κ1) is 13.5. The van der Waals surface area contributed by atoms with Gasteiger partial charge in [0.25, 0.3) is 0 Å². The van der Waals surface area contributed by atoms with E-state index in [1.807, 2.05) is 6.07 Å². The average Bonchev–Trinajstić information content (AvgIpc) is 2.31. The zero-order valence-corrected chi connectivity index (χ0v) is 11.5. The summed E-state index contributed by atoms with van der Waals surface area (Å²) >= 11 is 3.32. The van der Waals surface area contributed by atoms with Crippen LogP contribution in [0.15, 0.2) is 22.7 Å². The van der Waals surface area contributed by atoms with Crippen molar-refractivity contribution in [3.63, 3.8) is 0 Å². The molecule has 17 heavy (non-hydrogen) atoms. The summed E-state index contributed by atoms with van der Waals surface area (Å²) in [4.78, 5) is 11.8. The maximum absolute atomic E-state index is 11.8. The summed E-state index contributed by atoms with van der Waals surface area (Å²) in [6.07, 6.45) is 0. The number of nitrogens with zero attached hydrogens (tertiary/aromatic N) is 1. The Hall–Kier alpha value is -1.54. The lowest BCUT2D eigenvalue weighted by Crippen LogP contribution is -2.29. The molecule has 0 bridgehead atoms. The van der Waals surface area contributed by atoms with Crippen LogP contribution < -0.4 is 10.1 Å². The van der Waals surface area contributed by atoms with Crippen molar-refractivity contribution in [3.8, 4) is 11.8 Å². The highest BCUT2D eigenvalue weighted by atomic mass is 79.9. The van der Waals surface area contributed by atoms with E-state index in [2.05, 4.69) is 21.2 Å². The van der Waals surface area contributed by atoms with Gasteiger partial charge < -0.3 is 10.1 Å². The fraction of sp³-hybridized carbons (Fsp3) is 0.333. The molecule has 1 aromatic carbocycles. The number of hydrogen-bond donors (Lipinski definition) is 1. The average molecular weight is 297 g/mol. The summed E-state index contributed by atoms with van der Waals surface area (Å²) in [6.45, 7) is 3.14. The van der Waals surface area contributed by atoms with E-state index < -0.39 is 5.41 Å². The van der Waals surface area contributed by atoms with Crippen molar-refractivity contribution in [2.45, 2.75) is 13.8 Å². The van der Waals surface area contributed by atoms with Crippen molar-refractivity contribution >= 4 is 27.5 Å². The van der Waals surface area contributed by atoms with Crippen LogP contribution >= 0.6 is 15.9 Å². The molecule has 1 N–H and O–H groups in total. The van der Waals surface area contributed by atoms with Gasteiger partial charge in [0.1, 0.15) is 11.2 Å². The molecule has 0 radical (unpaired) electrons. The molecule has 0 unspecified atom stereocenters. The Bertz CT molecular complexity index is 478. The Morgan fingerprint density at radius 3 is 2.71 bits per heavy atom. The van der Waals surface area contributed by atoms with Crippen molar-refractivity contribution in [1.29, 1.82) is 5.26 Å². The number of ether oxygens (including phenoxy) is 1. The number of rotatable bonds is 3. The largest absolute Gasteiger partial charge is 0.495 e. The van der Waals surface area contributed by atoms with Gasteiger partial charge in [-0.15, -0.1) is 0 Å². The number of hydrogen-bond acceptors (Lipinski definition) is 3. The van der Waals surface area contributed by atoms with Crippen LogP contribution in [-0.4, -0.2) is 13.0 Å². The van der Waals surface area contributed by atoms with Crippen LogP contribution in [0.25, 0.3) is 0 Å². The van der Waals surface area contributed by atoms with Gasteiger partial charge in [-0.1, -0.05) is 0 Å². The van der Waals surface area contributed by atoms with Gasteiger partial charge in [0.2, 0.25) is 5.91 Å².